The van der Waals surface area contributed by atoms with Crippen molar-refractivity contribution in [1.29, 1.82) is 0 Å². The van der Waals surface area contributed by atoms with Gasteiger partial charge < -0.3 is 11.5 Å². The lowest BCUT2D eigenvalue weighted by molar-refractivity contribution is 1.52. The van der Waals surface area contributed by atoms with Crippen LogP contribution in [0.15, 0.2) is 315 Å². The van der Waals surface area contributed by atoms with Crippen LogP contribution in [0.5, 0.6) is 0 Å². The molecule has 0 amide bonds. The van der Waals surface area contributed by atoms with E-state index < -0.39 is 0 Å². The molecular formula is C78H56N2. The zero-order valence-corrected chi connectivity index (χ0v) is 44.2. The fraction of sp³-hybridized carbons (Fsp3) is 0. The molecule has 13 aromatic rings. The maximum absolute atomic E-state index is 6.36. The minimum atomic E-state index is 0.731. The number of rotatable bonds is 12. The van der Waals surface area contributed by atoms with Crippen LogP contribution in [0.2, 0.25) is 0 Å². The molecule has 0 saturated heterocycles. The van der Waals surface area contributed by atoms with Crippen LogP contribution in [0.25, 0.3) is 134 Å². The first kappa shape index (κ1) is 49.1. The lowest BCUT2D eigenvalue weighted by Crippen LogP contribution is -1.95. The molecule has 0 atom stereocenters. The number of anilines is 2. The Bertz CT molecular complexity index is 3740. The van der Waals surface area contributed by atoms with Gasteiger partial charge in [-0.1, -0.05) is 267 Å². The van der Waals surface area contributed by atoms with Gasteiger partial charge in [0.25, 0.3) is 0 Å². The Morgan fingerprint density at radius 2 is 0.300 bits per heavy atom. The third-order valence-corrected chi connectivity index (χ3v) is 15.4. The van der Waals surface area contributed by atoms with Crippen molar-refractivity contribution in [3.8, 4) is 134 Å². The van der Waals surface area contributed by atoms with Gasteiger partial charge in [-0.2, -0.15) is 0 Å². The molecule has 0 aliphatic rings. The normalized spacial score (nSPS) is 11.1. The lowest BCUT2D eigenvalue weighted by Gasteiger charge is -2.21. The second-order valence-corrected chi connectivity index (χ2v) is 20.5. The SMILES string of the molecule is Nc1ccc(-c2c(-c3ccc(-c4ccccc4)cc3)cc(-c3ccc(-c4cc(-c5ccc(-c6ccccc6)cc5)c(-c5ccc(N)cc5)c(-c5ccc(-c6ccccc6)cc5)c4)cc3)cc2-c2ccc(-c3ccccc3)cc2)cc1. The van der Waals surface area contributed by atoms with E-state index in [0.29, 0.717) is 0 Å². The van der Waals surface area contributed by atoms with Crippen molar-refractivity contribution in [2.75, 3.05) is 11.5 Å². The van der Waals surface area contributed by atoms with E-state index in [1.54, 1.807) is 0 Å². The van der Waals surface area contributed by atoms with Gasteiger partial charge >= 0.3 is 0 Å². The summed E-state index contributed by atoms with van der Waals surface area (Å²) in [6.45, 7) is 0. The summed E-state index contributed by atoms with van der Waals surface area (Å²) < 4.78 is 0. The maximum Gasteiger partial charge on any atom is 0.0314 e. The van der Waals surface area contributed by atoms with Gasteiger partial charge in [0.15, 0.2) is 0 Å². The maximum atomic E-state index is 6.36. The Balaban J connectivity index is 0.975. The highest BCUT2D eigenvalue weighted by Crippen LogP contribution is 2.47. The van der Waals surface area contributed by atoms with Crippen molar-refractivity contribution in [1.82, 2.24) is 0 Å². The lowest BCUT2D eigenvalue weighted by atomic mass is 9.83. The van der Waals surface area contributed by atoms with E-state index >= 15 is 0 Å². The summed E-state index contributed by atoms with van der Waals surface area (Å²) in [6, 6.07) is 114. The molecule has 0 aliphatic heterocycles. The highest BCUT2D eigenvalue weighted by atomic mass is 14.5. The van der Waals surface area contributed by atoms with E-state index in [1.807, 2.05) is 24.3 Å². The quantitative estimate of drug-likeness (QED) is 0.120. The number of hydrogen-bond donors (Lipinski definition) is 2. The van der Waals surface area contributed by atoms with E-state index in [-0.39, 0.29) is 0 Å². The summed E-state index contributed by atoms with van der Waals surface area (Å²) in [5.41, 5.74) is 41.7. The predicted octanol–water partition coefficient (Wildman–Crippen LogP) is 20.9. The zero-order chi connectivity index (χ0) is 53.8. The van der Waals surface area contributed by atoms with Gasteiger partial charge in [0.2, 0.25) is 0 Å². The summed E-state index contributed by atoms with van der Waals surface area (Å²) in [5.74, 6) is 0. The first-order chi connectivity index (χ1) is 39.5. The molecule has 0 bridgehead atoms. The van der Waals surface area contributed by atoms with Gasteiger partial charge in [-0.25, -0.2) is 0 Å². The Hall–Kier alpha value is -10.5. The van der Waals surface area contributed by atoms with Crippen LogP contribution in [-0.4, -0.2) is 0 Å². The highest BCUT2D eigenvalue weighted by molar-refractivity contribution is 6.00. The van der Waals surface area contributed by atoms with Crippen LogP contribution < -0.4 is 11.5 Å². The van der Waals surface area contributed by atoms with Crippen molar-refractivity contribution in [2.45, 2.75) is 0 Å². The van der Waals surface area contributed by atoms with Crippen molar-refractivity contribution < 1.29 is 0 Å². The van der Waals surface area contributed by atoms with Crippen LogP contribution >= 0.6 is 0 Å². The van der Waals surface area contributed by atoms with E-state index in [4.69, 9.17) is 11.5 Å². The van der Waals surface area contributed by atoms with Gasteiger partial charge in [-0.05, 0) is 182 Å². The van der Waals surface area contributed by atoms with E-state index in [2.05, 4.69) is 291 Å². The second kappa shape index (κ2) is 21.8. The fourth-order valence-electron chi connectivity index (χ4n) is 11.2. The molecule has 0 heterocycles. The molecule has 13 aromatic carbocycles. The summed E-state index contributed by atoms with van der Waals surface area (Å²) >= 11 is 0. The Labute approximate surface area is 469 Å². The van der Waals surface area contributed by atoms with Crippen LogP contribution in [-0.2, 0) is 0 Å². The van der Waals surface area contributed by atoms with Gasteiger partial charge in [0, 0.05) is 11.4 Å². The van der Waals surface area contributed by atoms with Gasteiger partial charge in [0.05, 0.1) is 0 Å². The molecule has 0 saturated carbocycles. The van der Waals surface area contributed by atoms with Crippen LogP contribution in [0.1, 0.15) is 0 Å². The fourth-order valence-corrected chi connectivity index (χ4v) is 11.2. The first-order valence-corrected chi connectivity index (χ1v) is 27.3. The van der Waals surface area contributed by atoms with Gasteiger partial charge in [-0.3, -0.25) is 0 Å². The molecule has 378 valence electrons. The van der Waals surface area contributed by atoms with E-state index in [9.17, 15) is 0 Å². The average Bonchev–Trinajstić information content (AvgIpc) is 3.61. The molecule has 0 radical (unpaired) electrons. The Morgan fingerprint density at radius 3 is 0.512 bits per heavy atom. The molecular weight excluding hydrogens is 965 g/mol. The standard InChI is InChI=1S/C78H56N2/c79-71-45-41-67(42-46-71)77-73(63-33-25-57(26-34-63)53-13-5-1-6-14-53)49-69(50-74(77)64-35-27-58(28-36-64)54-15-7-2-8-16-54)61-21-23-62(24-22-61)70-51-75(65-37-29-59(30-38-65)55-17-9-3-10-18-55)78(68-43-47-72(80)48-44-68)76(52-70)66-39-31-60(32-40-66)56-19-11-4-12-20-56/h1-52H,79-80H2. The van der Waals surface area contributed by atoms with E-state index in [0.717, 1.165) is 100 Å². The number of benzene rings is 13. The number of hydrogen-bond acceptors (Lipinski definition) is 2. The average molecular weight is 1020 g/mol. The van der Waals surface area contributed by atoms with Crippen LogP contribution in [0, 0.1) is 0 Å². The molecule has 0 fully saturated rings. The molecule has 80 heavy (non-hydrogen) atoms. The number of nitrogens with two attached hydrogens (primary N) is 2. The topological polar surface area (TPSA) is 52.0 Å². The third kappa shape index (κ3) is 10.1. The molecule has 4 N–H and O–H groups in total. The molecule has 0 unspecified atom stereocenters. The molecule has 0 aromatic heterocycles. The van der Waals surface area contributed by atoms with Gasteiger partial charge in [-0.15, -0.1) is 0 Å². The second-order valence-electron chi connectivity index (χ2n) is 20.5. The summed E-state index contributed by atoms with van der Waals surface area (Å²) in [6.07, 6.45) is 0. The molecule has 2 heteroatoms. The monoisotopic (exact) mass is 1020 g/mol. The summed E-state index contributed by atoms with van der Waals surface area (Å²) in [7, 11) is 0. The van der Waals surface area contributed by atoms with Crippen molar-refractivity contribution in [3.63, 3.8) is 0 Å². The minimum absolute atomic E-state index is 0.731. The van der Waals surface area contributed by atoms with Crippen molar-refractivity contribution in [3.05, 3.63) is 315 Å². The number of nitrogen functional groups attached to an aromatic ring is 2. The largest absolute Gasteiger partial charge is 0.399 e. The van der Waals surface area contributed by atoms with Gasteiger partial charge in [0.1, 0.15) is 0 Å². The van der Waals surface area contributed by atoms with Crippen molar-refractivity contribution in [2.24, 2.45) is 0 Å². The first-order valence-electron chi connectivity index (χ1n) is 27.3. The third-order valence-electron chi connectivity index (χ3n) is 15.4. The Kier molecular flexibility index (Phi) is 13.4. The predicted molar refractivity (Wildman–Crippen MR) is 340 cm³/mol. The van der Waals surface area contributed by atoms with Crippen LogP contribution in [0.4, 0.5) is 11.4 Å². The molecule has 2 nitrogen and oxygen atoms in total. The molecule has 0 spiro atoms. The summed E-state index contributed by atoms with van der Waals surface area (Å²) in [5, 5.41) is 0. The Morgan fingerprint density at radius 1 is 0.138 bits per heavy atom. The summed E-state index contributed by atoms with van der Waals surface area (Å²) in [4.78, 5) is 0. The highest BCUT2D eigenvalue weighted by Gasteiger charge is 2.21. The molecule has 13 rings (SSSR count). The zero-order valence-electron chi connectivity index (χ0n) is 44.2. The molecule has 0 aliphatic carbocycles. The van der Waals surface area contributed by atoms with Crippen molar-refractivity contribution >= 4 is 11.4 Å². The van der Waals surface area contributed by atoms with Crippen LogP contribution in [0.3, 0.4) is 0 Å². The van der Waals surface area contributed by atoms with E-state index in [1.165, 1.54) is 44.5 Å². The smallest absolute Gasteiger partial charge is 0.0314 e. The minimum Gasteiger partial charge on any atom is -0.399 e.